The van der Waals surface area contributed by atoms with Crippen LogP contribution in [0.4, 0.5) is 4.79 Å². The number of carbonyl (C=O) groups is 1. The van der Waals surface area contributed by atoms with Crippen LogP contribution in [-0.2, 0) is 12.6 Å². The van der Waals surface area contributed by atoms with Crippen LogP contribution in [0.15, 0.2) is 0 Å². The summed E-state index contributed by atoms with van der Waals surface area (Å²) in [5.41, 5.74) is 0. The maximum atomic E-state index is 11.1. The Morgan fingerprint density at radius 3 is 2.38 bits per heavy atom. The zero-order valence-corrected chi connectivity index (χ0v) is 9.69. The van der Waals surface area contributed by atoms with Crippen LogP contribution in [0.5, 0.6) is 0 Å². The molecule has 0 aromatic heterocycles. The largest absolute Gasteiger partial charge is 0.719 e. The van der Waals surface area contributed by atoms with E-state index >= 15 is 0 Å². The van der Waals surface area contributed by atoms with E-state index in [-0.39, 0.29) is 5.24 Å². The Morgan fingerprint density at radius 1 is 1.38 bits per heavy atom. The summed E-state index contributed by atoms with van der Waals surface area (Å²) in [5.74, 6) is 0. The standard InChI is InChI=1S/C10H21NOS/c1-4-6-8-11(10(12)13)9(3)7-5-2/h9H,4-8H2,1-3H3,(H,12,13)/p-1. The SMILES string of the molecule is CCCCN(C(=O)[S-])C(C)CCC. The lowest BCUT2D eigenvalue weighted by Crippen LogP contribution is -2.37. The summed E-state index contributed by atoms with van der Waals surface area (Å²) in [6.07, 6.45) is 4.31. The van der Waals surface area contributed by atoms with Crippen molar-refractivity contribution >= 4 is 17.9 Å². The first kappa shape index (κ1) is 12.7. The fraction of sp³-hybridized carbons (Fsp3) is 0.900. The summed E-state index contributed by atoms with van der Waals surface area (Å²) < 4.78 is 0. The summed E-state index contributed by atoms with van der Waals surface area (Å²) in [4.78, 5) is 12.9. The molecular weight excluding hydrogens is 182 g/mol. The van der Waals surface area contributed by atoms with Gasteiger partial charge in [0.2, 0.25) is 0 Å². The summed E-state index contributed by atoms with van der Waals surface area (Å²) in [6, 6.07) is 0.307. The van der Waals surface area contributed by atoms with E-state index in [1.165, 1.54) is 0 Å². The number of amides is 1. The van der Waals surface area contributed by atoms with Gasteiger partial charge >= 0.3 is 0 Å². The minimum Gasteiger partial charge on any atom is -0.719 e. The molecule has 2 nitrogen and oxygen atoms in total. The molecule has 0 rings (SSSR count). The van der Waals surface area contributed by atoms with Gasteiger partial charge in [0.25, 0.3) is 0 Å². The lowest BCUT2D eigenvalue weighted by Gasteiger charge is -2.32. The lowest BCUT2D eigenvalue weighted by atomic mass is 10.1. The van der Waals surface area contributed by atoms with Crippen molar-refractivity contribution in [2.24, 2.45) is 0 Å². The number of hydrogen-bond donors (Lipinski definition) is 0. The first-order valence-electron chi connectivity index (χ1n) is 5.11. The zero-order valence-electron chi connectivity index (χ0n) is 8.88. The van der Waals surface area contributed by atoms with Gasteiger partial charge in [-0.1, -0.05) is 26.7 Å². The van der Waals surface area contributed by atoms with Gasteiger partial charge in [0.15, 0.2) is 0 Å². The molecule has 0 bridgehead atoms. The second kappa shape index (κ2) is 7.13. The van der Waals surface area contributed by atoms with Crippen LogP contribution in [0.25, 0.3) is 0 Å². The molecule has 0 aromatic carbocycles. The Hall–Kier alpha value is -0.310. The smallest absolute Gasteiger partial charge is 0.101 e. The first-order valence-corrected chi connectivity index (χ1v) is 5.51. The number of nitrogens with zero attached hydrogens (tertiary/aromatic N) is 1. The third-order valence-corrected chi connectivity index (χ3v) is 2.46. The molecule has 0 spiro atoms. The molecular formula is C10H20NOS-. The zero-order chi connectivity index (χ0) is 10.3. The van der Waals surface area contributed by atoms with Gasteiger partial charge in [-0.05, 0) is 19.8 Å². The number of carbonyl (C=O) groups excluding carboxylic acids is 1. The molecule has 0 saturated heterocycles. The Morgan fingerprint density at radius 2 is 2.00 bits per heavy atom. The van der Waals surface area contributed by atoms with Crippen molar-refractivity contribution in [3.05, 3.63) is 0 Å². The first-order chi connectivity index (χ1) is 6.13. The molecule has 0 heterocycles. The van der Waals surface area contributed by atoms with Crippen molar-refractivity contribution in [2.75, 3.05) is 6.54 Å². The van der Waals surface area contributed by atoms with Gasteiger partial charge in [0.1, 0.15) is 5.24 Å². The third kappa shape index (κ3) is 5.09. The van der Waals surface area contributed by atoms with Gasteiger partial charge < -0.3 is 22.3 Å². The average molecular weight is 202 g/mol. The van der Waals surface area contributed by atoms with E-state index in [0.717, 1.165) is 32.2 Å². The highest BCUT2D eigenvalue weighted by atomic mass is 32.1. The van der Waals surface area contributed by atoms with Crippen LogP contribution in [-0.4, -0.2) is 22.7 Å². The molecule has 0 fully saturated rings. The molecule has 0 aliphatic heterocycles. The van der Waals surface area contributed by atoms with Crippen LogP contribution >= 0.6 is 0 Å². The Balaban J connectivity index is 3.99. The van der Waals surface area contributed by atoms with Crippen molar-refractivity contribution in [1.82, 2.24) is 4.90 Å². The Kier molecular flexibility index (Phi) is 6.96. The predicted molar refractivity (Wildman–Crippen MR) is 58.7 cm³/mol. The molecule has 1 amide bonds. The van der Waals surface area contributed by atoms with Crippen LogP contribution in [0, 0.1) is 0 Å². The fourth-order valence-electron chi connectivity index (χ4n) is 1.39. The van der Waals surface area contributed by atoms with Crippen molar-refractivity contribution in [3.63, 3.8) is 0 Å². The van der Waals surface area contributed by atoms with Crippen molar-refractivity contribution < 1.29 is 4.79 Å². The highest BCUT2D eigenvalue weighted by Crippen LogP contribution is 2.08. The van der Waals surface area contributed by atoms with Crippen molar-refractivity contribution in [1.29, 1.82) is 0 Å². The van der Waals surface area contributed by atoms with Crippen molar-refractivity contribution in [3.8, 4) is 0 Å². The van der Waals surface area contributed by atoms with E-state index in [9.17, 15) is 4.79 Å². The molecule has 78 valence electrons. The van der Waals surface area contributed by atoms with E-state index in [1.807, 2.05) is 4.90 Å². The van der Waals surface area contributed by atoms with Gasteiger partial charge in [0.05, 0.1) is 0 Å². The Bertz CT molecular complexity index is 150. The quantitative estimate of drug-likeness (QED) is 0.617. The molecule has 0 aliphatic carbocycles. The fourth-order valence-corrected chi connectivity index (χ4v) is 1.66. The maximum Gasteiger partial charge on any atom is 0.101 e. The highest BCUT2D eigenvalue weighted by Gasteiger charge is 2.10. The van der Waals surface area contributed by atoms with Crippen LogP contribution in [0.2, 0.25) is 0 Å². The molecule has 3 heteroatoms. The lowest BCUT2D eigenvalue weighted by molar-refractivity contribution is 0.199. The topological polar surface area (TPSA) is 20.3 Å². The molecule has 0 aromatic rings. The summed E-state index contributed by atoms with van der Waals surface area (Å²) in [6.45, 7) is 7.14. The number of hydrogen-bond acceptors (Lipinski definition) is 2. The molecule has 1 unspecified atom stereocenters. The van der Waals surface area contributed by atoms with E-state index < -0.39 is 0 Å². The van der Waals surface area contributed by atoms with E-state index in [2.05, 4.69) is 20.8 Å². The second-order valence-electron chi connectivity index (χ2n) is 3.45. The predicted octanol–water partition coefficient (Wildman–Crippen LogP) is 2.94. The summed E-state index contributed by atoms with van der Waals surface area (Å²) in [7, 11) is 0. The van der Waals surface area contributed by atoms with Crippen LogP contribution < -0.4 is 0 Å². The van der Waals surface area contributed by atoms with Gasteiger partial charge in [-0.25, -0.2) is 0 Å². The molecule has 0 aliphatic rings. The maximum absolute atomic E-state index is 11.1. The van der Waals surface area contributed by atoms with Gasteiger partial charge in [0, 0.05) is 12.6 Å². The number of rotatable bonds is 6. The molecule has 0 radical (unpaired) electrons. The van der Waals surface area contributed by atoms with Crippen molar-refractivity contribution in [2.45, 2.75) is 52.5 Å². The van der Waals surface area contributed by atoms with Gasteiger partial charge in [-0.15, -0.1) is 0 Å². The number of unbranched alkanes of at least 4 members (excludes halogenated alkanes) is 1. The van der Waals surface area contributed by atoms with E-state index in [0.29, 0.717) is 6.04 Å². The minimum absolute atomic E-state index is 0.200. The monoisotopic (exact) mass is 202 g/mol. The minimum atomic E-state index is -0.200. The summed E-state index contributed by atoms with van der Waals surface area (Å²) in [5, 5.41) is -0.200. The average Bonchev–Trinajstić information content (AvgIpc) is 2.05. The normalized spacial score (nSPS) is 12.5. The van der Waals surface area contributed by atoms with Gasteiger partial charge in [-0.3, -0.25) is 0 Å². The van der Waals surface area contributed by atoms with Crippen LogP contribution in [0.3, 0.4) is 0 Å². The third-order valence-electron chi connectivity index (χ3n) is 2.23. The Labute approximate surface area is 87.1 Å². The summed E-state index contributed by atoms with van der Waals surface area (Å²) >= 11 is 4.69. The molecule has 1 atom stereocenters. The second-order valence-corrected chi connectivity index (χ2v) is 3.80. The van der Waals surface area contributed by atoms with E-state index in [4.69, 9.17) is 12.6 Å². The van der Waals surface area contributed by atoms with Crippen LogP contribution in [0.1, 0.15) is 46.5 Å². The van der Waals surface area contributed by atoms with E-state index in [1.54, 1.807) is 0 Å². The molecule has 0 saturated carbocycles. The molecule has 0 N–H and O–H groups in total. The van der Waals surface area contributed by atoms with Gasteiger partial charge in [-0.2, -0.15) is 0 Å². The highest BCUT2D eigenvalue weighted by molar-refractivity contribution is 7.76. The molecule has 13 heavy (non-hydrogen) atoms.